The monoisotopic (exact) mass is 396 g/mol. The van der Waals surface area contributed by atoms with Crippen molar-refractivity contribution in [2.45, 2.75) is 30.5 Å². The molecular weight excluding hydrogens is 373 g/mol. The van der Waals surface area contributed by atoms with Crippen molar-refractivity contribution < 1.29 is 28.5 Å². The molecule has 1 unspecified atom stereocenters. The van der Waals surface area contributed by atoms with Crippen LogP contribution in [0, 0.1) is 0 Å². The van der Waals surface area contributed by atoms with E-state index in [9.17, 15) is 28.5 Å². The summed E-state index contributed by atoms with van der Waals surface area (Å²) in [6.45, 7) is 0.522. The molecule has 5 nitrogen and oxygen atoms in total. The van der Waals surface area contributed by atoms with Gasteiger partial charge in [0.25, 0.3) is 0 Å². The SMILES string of the molecule is OCC(NC[C@H]1NC[C@H](O)[C@@H]1O)c1ccc(-c2ccc(C(F)(F)F)cc2)cc1. The summed E-state index contributed by atoms with van der Waals surface area (Å²) in [5, 5.41) is 35.2. The van der Waals surface area contributed by atoms with Crippen molar-refractivity contribution in [1.29, 1.82) is 0 Å². The van der Waals surface area contributed by atoms with Crippen molar-refractivity contribution in [2.75, 3.05) is 19.7 Å². The Kier molecular flexibility index (Phi) is 6.36. The predicted molar refractivity (Wildman–Crippen MR) is 98.5 cm³/mol. The molecule has 0 amide bonds. The average molecular weight is 396 g/mol. The number of halogens is 3. The molecule has 1 saturated heterocycles. The molecule has 0 aliphatic carbocycles. The van der Waals surface area contributed by atoms with E-state index in [1.807, 2.05) is 0 Å². The lowest BCUT2D eigenvalue weighted by molar-refractivity contribution is -0.137. The summed E-state index contributed by atoms with van der Waals surface area (Å²) in [6, 6.07) is 11.5. The lowest BCUT2D eigenvalue weighted by atomic mass is 9.99. The summed E-state index contributed by atoms with van der Waals surface area (Å²) in [5.74, 6) is 0. The minimum Gasteiger partial charge on any atom is -0.394 e. The highest BCUT2D eigenvalue weighted by molar-refractivity contribution is 5.64. The van der Waals surface area contributed by atoms with Gasteiger partial charge in [0.15, 0.2) is 0 Å². The van der Waals surface area contributed by atoms with E-state index in [1.54, 1.807) is 24.3 Å². The first-order valence-corrected chi connectivity index (χ1v) is 9.01. The number of alkyl halides is 3. The van der Waals surface area contributed by atoms with Crippen LogP contribution in [-0.2, 0) is 6.18 Å². The fourth-order valence-corrected chi connectivity index (χ4v) is 3.29. The number of benzene rings is 2. The first-order valence-electron chi connectivity index (χ1n) is 9.01. The molecule has 0 saturated carbocycles. The molecule has 0 spiro atoms. The van der Waals surface area contributed by atoms with Crippen molar-refractivity contribution in [3.63, 3.8) is 0 Å². The van der Waals surface area contributed by atoms with Gasteiger partial charge in [0.05, 0.1) is 30.4 Å². The van der Waals surface area contributed by atoms with E-state index in [1.165, 1.54) is 12.1 Å². The third-order valence-corrected chi connectivity index (χ3v) is 5.02. The highest BCUT2D eigenvalue weighted by Gasteiger charge is 2.33. The van der Waals surface area contributed by atoms with Gasteiger partial charge in [-0.1, -0.05) is 36.4 Å². The van der Waals surface area contributed by atoms with Crippen LogP contribution in [0.2, 0.25) is 0 Å². The summed E-state index contributed by atoms with van der Waals surface area (Å²) < 4.78 is 38.0. The van der Waals surface area contributed by atoms with Crippen molar-refractivity contribution in [3.05, 3.63) is 59.7 Å². The molecule has 5 N–H and O–H groups in total. The number of β-amino-alcohol motifs (C(OH)–C–C–N with tert-alkyl or cyclic N) is 1. The first-order chi connectivity index (χ1) is 13.3. The van der Waals surface area contributed by atoms with Crippen molar-refractivity contribution in [2.24, 2.45) is 0 Å². The number of rotatable bonds is 6. The largest absolute Gasteiger partial charge is 0.416 e. The van der Waals surface area contributed by atoms with Gasteiger partial charge < -0.3 is 26.0 Å². The standard InChI is InChI=1S/C20H23F3N2O3/c21-20(22,23)15-7-5-13(6-8-15)12-1-3-14(4-2-12)17(11-26)24-9-16-19(28)18(27)10-25-16/h1-8,16-19,24-28H,9-11H2/t16-,17?,18+,19-/m1/s1. The van der Waals surface area contributed by atoms with Crippen LogP contribution >= 0.6 is 0 Å². The second kappa shape index (κ2) is 8.59. The predicted octanol–water partition coefficient (Wildman–Crippen LogP) is 1.69. The highest BCUT2D eigenvalue weighted by atomic mass is 19.4. The maximum Gasteiger partial charge on any atom is 0.416 e. The minimum absolute atomic E-state index is 0.162. The topological polar surface area (TPSA) is 84.8 Å². The van der Waals surface area contributed by atoms with Crippen LogP contribution in [0.25, 0.3) is 11.1 Å². The summed E-state index contributed by atoms with van der Waals surface area (Å²) in [4.78, 5) is 0. The number of nitrogens with one attached hydrogen (secondary N) is 2. The van der Waals surface area contributed by atoms with E-state index in [-0.39, 0.29) is 18.7 Å². The average Bonchev–Trinajstić information content (AvgIpc) is 3.00. The zero-order valence-corrected chi connectivity index (χ0v) is 15.0. The Hall–Kier alpha value is -1.97. The summed E-state index contributed by atoms with van der Waals surface area (Å²) in [7, 11) is 0. The molecule has 1 fully saturated rings. The minimum atomic E-state index is -4.36. The molecule has 1 aliphatic heterocycles. The fraction of sp³-hybridized carbons (Fsp3) is 0.400. The van der Waals surface area contributed by atoms with Crippen LogP contribution in [-0.4, -0.2) is 53.3 Å². The Morgan fingerprint density at radius 2 is 1.57 bits per heavy atom. The lowest BCUT2D eigenvalue weighted by Gasteiger charge is -2.22. The van der Waals surface area contributed by atoms with Crippen LogP contribution < -0.4 is 10.6 Å². The van der Waals surface area contributed by atoms with E-state index in [4.69, 9.17) is 0 Å². The third kappa shape index (κ3) is 4.71. The van der Waals surface area contributed by atoms with Gasteiger partial charge in [-0.05, 0) is 28.8 Å². The van der Waals surface area contributed by atoms with Gasteiger partial charge >= 0.3 is 6.18 Å². The number of hydrogen-bond donors (Lipinski definition) is 5. The maximum absolute atomic E-state index is 12.7. The van der Waals surface area contributed by atoms with Crippen molar-refractivity contribution in [3.8, 4) is 11.1 Å². The molecular formula is C20H23F3N2O3. The van der Waals surface area contributed by atoms with E-state index < -0.39 is 23.9 Å². The molecule has 152 valence electrons. The van der Waals surface area contributed by atoms with E-state index in [2.05, 4.69) is 10.6 Å². The quantitative estimate of drug-likeness (QED) is 0.513. The van der Waals surface area contributed by atoms with Crippen LogP contribution in [0.15, 0.2) is 48.5 Å². The molecule has 8 heteroatoms. The molecule has 4 atom stereocenters. The molecule has 2 aromatic carbocycles. The molecule has 0 bridgehead atoms. The maximum atomic E-state index is 12.7. The normalized spacial score (nSPS) is 23.7. The molecule has 0 aromatic heterocycles. The van der Waals surface area contributed by atoms with Gasteiger partial charge in [0, 0.05) is 19.1 Å². The van der Waals surface area contributed by atoms with Crippen LogP contribution in [0.4, 0.5) is 13.2 Å². The molecule has 1 aliphatic rings. The second-order valence-electron chi connectivity index (χ2n) is 6.91. The molecule has 2 aromatic rings. The van der Waals surface area contributed by atoms with Gasteiger partial charge in [-0.3, -0.25) is 0 Å². The van der Waals surface area contributed by atoms with Crippen molar-refractivity contribution in [1.82, 2.24) is 10.6 Å². The number of aliphatic hydroxyl groups excluding tert-OH is 3. The third-order valence-electron chi connectivity index (χ3n) is 5.02. The molecule has 28 heavy (non-hydrogen) atoms. The first kappa shape index (κ1) is 20.8. The van der Waals surface area contributed by atoms with Gasteiger partial charge in [-0.15, -0.1) is 0 Å². The smallest absolute Gasteiger partial charge is 0.394 e. The molecule has 3 rings (SSSR count). The zero-order valence-electron chi connectivity index (χ0n) is 15.0. The molecule has 1 heterocycles. The summed E-state index contributed by atoms with van der Waals surface area (Å²) in [6.07, 6.45) is -6.03. The van der Waals surface area contributed by atoms with E-state index in [0.29, 0.717) is 18.7 Å². The summed E-state index contributed by atoms with van der Waals surface area (Å²) in [5.41, 5.74) is 1.56. The Labute approximate surface area is 160 Å². The van der Waals surface area contributed by atoms with Crippen LogP contribution in [0.5, 0.6) is 0 Å². The second-order valence-corrected chi connectivity index (χ2v) is 6.91. The van der Waals surface area contributed by atoms with Gasteiger partial charge in [0.1, 0.15) is 0 Å². The van der Waals surface area contributed by atoms with Gasteiger partial charge in [-0.25, -0.2) is 0 Å². The summed E-state index contributed by atoms with van der Waals surface area (Å²) >= 11 is 0. The highest BCUT2D eigenvalue weighted by Crippen LogP contribution is 2.31. The Morgan fingerprint density at radius 3 is 2.04 bits per heavy atom. The Balaban J connectivity index is 1.65. The Morgan fingerprint density at radius 1 is 1.00 bits per heavy atom. The van der Waals surface area contributed by atoms with Crippen LogP contribution in [0.3, 0.4) is 0 Å². The number of aliphatic hydroxyl groups is 3. The van der Waals surface area contributed by atoms with Crippen LogP contribution in [0.1, 0.15) is 17.2 Å². The van der Waals surface area contributed by atoms with E-state index in [0.717, 1.165) is 23.3 Å². The zero-order chi connectivity index (χ0) is 20.3. The van der Waals surface area contributed by atoms with E-state index >= 15 is 0 Å². The fourth-order valence-electron chi connectivity index (χ4n) is 3.29. The molecule has 0 radical (unpaired) electrons. The number of hydrogen-bond acceptors (Lipinski definition) is 5. The van der Waals surface area contributed by atoms with Crippen molar-refractivity contribution >= 4 is 0 Å². The van der Waals surface area contributed by atoms with Gasteiger partial charge in [0.2, 0.25) is 0 Å². The lowest BCUT2D eigenvalue weighted by Crippen LogP contribution is -2.43. The van der Waals surface area contributed by atoms with Gasteiger partial charge in [-0.2, -0.15) is 13.2 Å². The Bertz CT molecular complexity index is 766.